The summed E-state index contributed by atoms with van der Waals surface area (Å²) in [5.74, 6) is 1.78. The molecule has 8 aromatic carbocycles. The van der Waals surface area contributed by atoms with Crippen molar-refractivity contribution in [2.45, 2.75) is 0 Å². The van der Waals surface area contributed by atoms with Gasteiger partial charge in [-0.15, -0.1) is 0 Å². The zero-order valence-corrected chi connectivity index (χ0v) is 30.5. The van der Waals surface area contributed by atoms with Crippen LogP contribution in [0.1, 0.15) is 0 Å². The maximum Gasteiger partial charge on any atom is 0.220 e. The van der Waals surface area contributed by atoms with Crippen LogP contribution in [0.5, 0.6) is 0 Å². The first-order chi connectivity index (χ1) is 28.3. The minimum atomic E-state index is 0.891. The van der Waals surface area contributed by atoms with Crippen molar-refractivity contribution in [2.24, 2.45) is 0 Å². The lowest BCUT2D eigenvalue weighted by molar-refractivity contribution is 1.09. The predicted octanol–water partition coefficient (Wildman–Crippen LogP) is 11.9. The van der Waals surface area contributed by atoms with Crippen LogP contribution in [-0.4, -0.2) is 32.5 Å². The second-order valence-electron chi connectivity index (χ2n) is 14.8. The van der Waals surface area contributed by atoms with Gasteiger partial charge >= 0.3 is 0 Å². The Balaban J connectivity index is 1.10. The highest BCUT2D eigenvalue weighted by molar-refractivity contribution is 6.11. The molecule has 13 rings (SSSR count). The number of nitrogens with zero attached hydrogens (tertiary/aromatic N) is 7. The number of hydrogen-bond acceptors (Lipinski definition) is 2. The molecular formula is C50H31N7. The number of para-hydroxylation sites is 8. The summed E-state index contributed by atoms with van der Waals surface area (Å²) in [6.45, 7) is 0. The molecule has 0 N–H and O–H groups in total. The van der Waals surface area contributed by atoms with E-state index in [1.54, 1.807) is 0 Å². The molecule has 0 radical (unpaired) electrons. The van der Waals surface area contributed by atoms with E-state index in [1.807, 2.05) is 0 Å². The zero-order chi connectivity index (χ0) is 37.2. The number of benzene rings is 8. The molecule has 0 atom stereocenters. The highest BCUT2D eigenvalue weighted by Gasteiger charge is 2.21. The first-order valence-corrected chi connectivity index (χ1v) is 19.3. The van der Waals surface area contributed by atoms with Crippen molar-refractivity contribution in [3.05, 3.63) is 188 Å². The molecule has 57 heavy (non-hydrogen) atoms. The van der Waals surface area contributed by atoms with Crippen LogP contribution in [0.4, 0.5) is 0 Å². The number of rotatable bonds is 4. The van der Waals surface area contributed by atoms with Crippen molar-refractivity contribution < 1.29 is 0 Å². The van der Waals surface area contributed by atoms with Gasteiger partial charge in [0, 0.05) is 16.5 Å². The average molecular weight is 730 g/mol. The second-order valence-corrected chi connectivity index (χ2v) is 14.8. The molecule has 0 saturated heterocycles. The Labute approximate surface area is 325 Å². The molecule has 0 saturated carbocycles. The predicted molar refractivity (Wildman–Crippen MR) is 232 cm³/mol. The zero-order valence-electron chi connectivity index (χ0n) is 30.5. The van der Waals surface area contributed by atoms with Crippen molar-refractivity contribution in [2.75, 3.05) is 0 Å². The SMILES string of the molecule is c1ccc(-c2ccc3c(c2)c2ccc(-n4c5ccccc5n5c6ccccc6nc45)cc2n3-c2cccc(-n3c4ccccc4n4c5ccccc5nc34)c2)cc1. The Morgan fingerprint density at radius 2 is 0.807 bits per heavy atom. The Bertz CT molecular complexity index is 3760. The summed E-state index contributed by atoms with van der Waals surface area (Å²) < 4.78 is 11.6. The first-order valence-electron chi connectivity index (χ1n) is 19.3. The topological polar surface area (TPSA) is 49.4 Å². The molecule has 0 unspecified atom stereocenters. The van der Waals surface area contributed by atoms with Crippen molar-refractivity contribution in [3.63, 3.8) is 0 Å². The number of aromatic nitrogens is 7. The number of hydrogen-bond donors (Lipinski definition) is 0. The standard InChI is InChI=1S/C50H31N7/c1-2-13-32(14-3-1)33-25-28-41-38(29-33)37-27-26-36(55-45-22-9-11-24-47(45)57-43-20-7-5-18-40(43)52-50(55)57)31-48(37)53(41)34-15-12-16-35(30-34)54-44-21-8-10-23-46(44)56-42-19-6-4-17-39(42)51-49(54)56/h1-31H. The van der Waals surface area contributed by atoms with E-state index < -0.39 is 0 Å². The summed E-state index contributed by atoms with van der Waals surface area (Å²) in [6.07, 6.45) is 0. The highest BCUT2D eigenvalue weighted by Crippen LogP contribution is 2.38. The summed E-state index contributed by atoms with van der Waals surface area (Å²) in [5.41, 5.74) is 16.4. The van der Waals surface area contributed by atoms with E-state index in [2.05, 4.69) is 211 Å². The van der Waals surface area contributed by atoms with Gasteiger partial charge in [-0.2, -0.15) is 0 Å². The minimum Gasteiger partial charge on any atom is -0.309 e. The fourth-order valence-corrected chi connectivity index (χ4v) is 9.22. The lowest BCUT2D eigenvalue weighted by atomic mass is 10.0. The van der Waals surface area contributed by atoms with Crippen LogP contribution in [0.3, 0.4) is 0 Å². The Morgan fingerprint density at radius 1 is 0.281 bits per heavy atom. The summed E-state index contributed by atoms with van der Waals surface area (Å²) in [5, 5.41) is 2.39. The van der Waals surface area contributed by atoms with Gasteiger partial charge in [0.05, 0.1) is 66.5 Å². The van der Waals surface area contributed by atoms with Crippen molar-refractivity contribution in [1.29, 1.82) is 0 Å². The third-order valence-corrected chi connectivity index (χ3v) is 11.7. The van der Waals surface area contributed by atoms with Gasteiger partial charge in [0.25, 0.3) is 0 Å². The van der Waals surface area contributed by atoms with Gasteiger partial charge < -0.3 is 4.57 Å². The van der Waals surface area contributed by atoms with Crippen LogP contribution >= 0.6 is 0 Å². The van der Waals surface area contributed by atoms with E-state index in [1.165, 1.54) is 21.9 Å². The van der Waals surface area contributed by atoms with Gasteiger partial charge in [-0.25, -0.2) is 9.97 Å². The van der Waals surface area contributed by atoms with E-state index >= 15 is 0 Å². The number of fused-ring (bicyclic) bond motifs is 13. The van der Waals surface area contributed by atoms with Gasteiger partial charge in [-0.3, -0.25) is 17.9 Å². The molecule has 7 heteroatoms. The summed E-state index contributed by atoms with van der Waals surface area (Å²) in [6, 6.07) is 67.2. The van der Waals surface area contributed by atoms with E-state index in [0.717, 1.165) is 83.8 Å². The van der Waals surface area contributed by atoms with Gasteiger partial charge in [0.2, 0.25) is 11.6 Å². The van der Waals surface area contributed by atoms with Crippen LogP contribution < -0.4 is 0 Å². The third kappa shape index (κ3) is 4.20. The summed E-state index contributed by atoms with van der Waals surface area (Å²) in [4.78, 5) is 10.4. The molecule has 0 amide bonds. The number of imidazole rings is 4. The molecule has 5 heterocycles. The van der Waals surface area contributed by atoms with Crippen LogP contribution in [0.15, 0.2) is 188 Å². The van der Waals surface area contributed by atoms with Crippen LogP contribution in [0, 0.1) is 0 Å². The van der Waals surface area contributed by atoms with Crippen LogP contribution in [0.2, 0.25) is 0 Å². The smallest absolute Gasteiger partial charge is 0.220 e. The minimum absolute atomic E-state index is 0.891. The lowest BCUT2D eigenvalue weighted by Crippen LogP contribution is -2.00. The quantitative estimate of drug-likeness (QED) is 0.181. The molecule has 13 aromatic rings. The summed E-state index contributed by atoms with van der Waals surface area (Å²) >= 11 is 0. The fourth-order valence-electron chi connectivity index (χ4n) is 9.22. The molecule has 266 valence electrons. The summed E-state index contributed by atoms with van der Waals surface area (Å²) in [7, 11) is 0. The van der Waals surface area contributed by atoms with Crippen molar-refractivity contribution >= 4 is 77.5 Å². The molecule has 0 aliphatic carbocycles. The van der Waals surface area contributed by atoms with Gasteiger partial charge in [0.1, 0.15) is 0 Å². The highest BCUT2D eigenvalue weighted by atomic mass is 15.2. The molecule has 0 aliphatic heterocycles. The van der Waals surface area contributed by atoms with E-state index in [9.17, 15) is 0 Å². The molecule has 5 aromatic heterocycles. The fraction of sp³-hybridized carbons (Fsp3) is 0. The van der Waals surface area contributed by atoms with Crippen molar-refractivity contribution in [1.82, 2.24) is 32.5 Å². The molecule has 0 bridgehead atoms. The van der Waals surface area contributed by atoms with E-state index in [-0.39, 0.29) is 0 Å². The molecule has 7 nitrogen and oxygen atoms in total. The van der Waals surface area contributed by atoms with Gasteiger partial charge in [-0.05, 0) is 102 Å². The van der Waals surface area contributed by atoms with E-state index in [4.69, 9.17) is 9.97 Å². The van der Waals surface area contributed by atoms with E-state index in [0.29, 0.717) is 0 Å². The average Bonchev–Trinajstić information content (AvgIpc) is 4.06. The Morgan fingerprint density at radius 3 is 1.44 bits per heavy atom. The largest absolute Gasteiger partial charge is 0.309 e. The molecule has 0 aliphatic rings. The monoisotopic (exact) mass is 729 g/mol. The maximum atomic E-state index is 5.19. The van der Waals surface area contributed by atoms with Crippen LogP contribution in [0.25, 0.3) is 106 Å². The Kier molecular flexibility index (Phi) is 6.04. The van der Waals surface area contributed by atoms with Crippen molar-refractivity contribution in [3.8, 4) is 28.2 Å². The molecule has 0 spiro atoms. The third-order valence-electron chi connectivity index (χ3n) is 11.7. The molecular weight excluding hydrogens is 699 g/mol. The van der Waals surface area contributed by atoms with Gasteiger partial charge in [-0.1, -0.05) is 97.1 Å². The maximum absolute atomic E-state index is 5.19. The lowest BCUT2D eigenvalue weighted by Gasteiger charge is -2.13. The Hall–Kier alpha value is -7.90. The first kappa shape index (κ1) is 30.4. The van der Waals surface area contributed by atoms with Crippen LogP contribution in [-0.2, 0) is 0 Å². The van der Waals surface area contributed by atoms with Gasteiger partial charge in [0.15, 0.2) is 0 Å². The molecule has 0 fully saturated rings. The normalized spacial score (nSPS) is 12.2. The second kappa shape index (κ2) is 11.3.